The molecule has 0 amide bonds. The third-order valence-corrected chi connectivity index (χ3v) is 3.35. The van der Waals surface area contributed by atoms with Gasteiger partial charge in [0.25, 0.3) is 0 Å². The predicted octanol–water partition coefficient (Wildman–Crippen LogP) is 4.15. The van der Waals surface area contributed by atoms with Crippen molar-refractivity contribution in [1.29, 1.82) is 0 Å². The van der Waals surface area contributed by atoms with E-state index in [0.717, 1.165) is 11.4 Å². The molecule has 0 heterocycles. The standard InChI is InChI=1S/C17H22N2O/c1-4-20-17-11-14(9-10-16(17)18)19-13(3)15-8-6-5-7-12(15)2/h5-11,13,19H,4,18H2,1-3H3. The van der Waals surface area contributed by atoms with Gasteiger partial charge in [-0.15, -0.1) is 0 Å². The van der Waals surface area contributed by atoms with E-state index in [0.29, 0.717) is 12.3 Å². The van der Waals surface area contributed by atoms with Crippen LogP contribution in [0.5, 0.6) is 5.75 Å². The second-order valence-electron chi connectivity index (χ2n) is 4.91. The SMILES string of the molecule is CCOc1cc(NC(C)c2ccccc2C)ccc1N. The number of ether oxygens (including phenoxy) is 1. The lowest BCUT2D eigenvalue weighted by Crippen LogP contribution is -2.08. The maximum Gasteiger partial charge on any atom is 0.144 e. The zero-order valence-corrected chi connectivity index (χ0v) is 12.3. The molecule has 20 heavy (non-hydrogen) atoms. The van der Waals surface area contributed by atoms with Crippen molar-refractivity contribution >= 4 is 11.4 Å². The number of nitrogens with one attached hydrogen (secondary N) is 1. The van der Waals surface area contributed by atoms with E-state index in [1.165, 1.54) is 11.1 Å². The Hall–Kier alpha value is -2.16. The second-order valence-corrected chi connectivity index (χ2v) is 4.91. The van der Waals surface area contributed by atoms with E-state index >= 15 is 0 Å². The number of aryl methyl sites for hydroxylation is 1. The van der Waals surface area contributed by atoms with Crippen LogP contribution < -0.4 is 15.8 Å². The zero-order valence-electron chi connectivity index (χ0n) is 12.3. The van der Waals surface area contributed by atoms with Crippen LogP contribution in [0.3, 0.4) is 0 Å². The minimum atomic E-state index is 0.231. The van der Waals surface area contributed by atoms with E-state index in [2.05, 4.69) is 43.4 Å². The highest BCUT2D eigenvalue weighted by molar-refractivity contribution is 5.62. The molecular formula is C17H22N2O. The summed E-state index contributed by atoms with van der Waals surface area (Å²) in [5.41, 5.74) is 10.1. The van der Waals surface area contributed by atoms with Gasteiger partial charge in [0.2, 0.25) is 0 Å². The molecule has 106 valence electrons. The molecule has 0 aliphatic carbocycles. The van der Waals surface area contributed by atoms with Crippen molar-refractivity contribution in [3.05, 3.63) is 53.6 Å². The fourth-order valence-electron chi connectivity index (χ4n) is 2.31. The van der Waals surface area contributed by atoms with Crippen molar-refractivity contribution < 1.29 is 4.74 Å². The summed E-state index contributed by atoms with van der Waals surface area (Å²) in [6.07, 6.45) is 0. The Morgan fingerprint density at radius 3 is 2.65 bits per heavy atom. The fraction of sp³-hybridized carbons (Fsp3) is 0.294. The van der Waals surface area contributed by atoms with Crippen LogP contribution in [-0.4, -0.2) is 6.61 Å². The van der Waals surface area contributed by atoms with Gasteiger partial charge in [-0.3, -0.25) is 0 Å². The van der Waals surface area contributed by atoms with Gasteiger partial charge < -0.3 is 15.8 Å². The molecule has 1 atom stereocenters. The highest BCUT2D eigenvalue weighted by atomic mass is 16.5. The van der Waals surface area contributed by atoms with E-state index < -0.39 is 0 Å². The molecule has 0 aliphatic heterocycles. The molecule has 3 heteroatoms. The number of nitrogen functional groups attached to an aromatic ring is 1. The zero-order chi connectivity index (χ0) is 14.5. The molecule has 3 nitrogen and oxygen atoms in total. The maximum atomic E-state index is 5.89. The van der Waals surface area contributed by atoms with Crippen molar-refractivity contribution in [3.63, 3.8) is 0 Å². The van der Waals surface area contributed by atoms with Crippen molar-refractivity contribution in [3.8, 4) is 5.75 Å². The van der Waals surface area contributed by atoms with Crippen LogP contribution in [0, 0.1) is 6.92 Å². The summed E-state index contributed by atoms with van der Waals surface area (Å²) in [4.78, 5) is 0. The molecule has 0 aromatic heterocycles. The molecule has 2 aromatic carbocycles. The smallest absolute Gasteiger partial charge is 0.144 e. The number of nitrogens with two attached hydrogens (primary N) is 1. The normalized spacial score (nSPS) is 11.9. The molecule has 0 bridgehead atoms. The van der Waals surface area contributed by atoms with Crippen LogP contribution in [0.4, 0.5) is 11.4 Å². The van der Waals surface area contributed by atoms with Gasteiger partial charge in [0.1, 0.15) is 5.75 Å². The summed E-state index contributed by atoms with van der Waals surface area (Å²) < 4.78 is 5.52. The average molecular weight is 270 g/mol. The molecule has 0 saturated heterocycles. The van der Waals surface area contributed by atoms with Crippen LogP contribution in [0.2, 0.25) is 0 Å². The molecule has 2 rings (SSSR count). The van der Waals surface area contributed by atoms with Gasteiger partial charge >= 0.3 is 0 Å². The summed E-state index contributed by atoms with van der Waals surface area (Å²) in [5.74, 6) is 0.731. The van der Waals surface area contributed by atoms with Crippen molar-refractivity contribution in [2.45, 2.75) is 26.8 Å². The first-order valence-corrected chi connectivity index (χ1v) is 6.96. The van der Waals surface area contributed by atoms with Crippen LogP contribution >= 0.6 is 0 Å². The highest BCUT2D eigenvalue weighted by Gasteiger charge is 2.09. The lowest BCUT2D eigenvalue weighted by Gasteiger charge is -2.19. The number of anilines is 2. The van der Waals surface area contributed by atoms with Gasteiger partial charge in [0, 0.05) is 17.8 Å². The first-order valence-electron chi connectivity index (χ1n) is 6.96. The Balaban J connectivity index is 2.17. The minimum Gasteiger partial charge on any atom is -0.492 e. The third-order valence-electron chi connectivity index (χ3n) is 3.35. The van der Waals surface area contributed by atoms with E-state index in [1.807, 2.05) is 25.1 Å². The molecule has 2 aromatic rings. The highest BCUT2D eigenvalue weighted by Crippen LogP contribution is 2.28. The first-order chi connectivity index (χ1) is 9.61. The van der Waals surface area contributed by atoms with Crippen LogP contribution in [0.25, 0.3) is 0 Å². The van der Waals surface area contributed by atoms with Gasteiger partial charge in [0.15, 0.2) is 0 Å². The lowest BCUT2D eigenvalue weighted by molar-refractivity contribution is 0.342. The molecule has 0 spiro atoms. The fourth-order valence-corrected chi connectivity index (χ4v) is 2.31. The van der Waals surface area contributed by atoms with Crippen molar-refractivity contribution in [1.82, 2.24) is 0 Å². The van der Waals surface area contributed by atoms with E-state index in [1.54, 1.807) is 0 Å². The van der Waals surface area contributed by atoms with Gasteiger partial charge in [-0.1, -0.05) is 24.3 Å². The van der Waals surface area contributed by atoms with Crippen molar-refractivity contribution in [2.24, 2.45) is 0 Å². The van der Waals surface area contributed by atoms with Crippen LogP contribution in [0.1, 0.15) is 31.0 Å². The van der Waals surface area contributed by atoms with E-state index in [-0.39, 0.29) is 6.04 Å². The number of hydrogen-bond donors (Lipinski definition) is 2. The summed E-state index contributed by atoms with van der Waals surface area (Å²) >= 11 is 0. The molecular weight excluding hydrogens is 248 g/mol. The van der Waals surface area contributed by atoms with Gasteiger partial charge in [-0.2, -0.15) is 0 Å². The quantitative estimate of drug-likeness (QED) is 0.802. The summed E-state index contributed by atoms with van der Waals surface area (Å²) in [5, 5.41) is 3.49. The van der Waals surface area contributed by atoms with E-state index in [4.69, 9.17) is 10.5 Å². The lowest BCUT2D eigenvalue weighted by atomic mass is 10.0. The monoisotopic (exact) mass is 270 g/mol. The summed E-state index contributed by atoms with van der Waals surface area (Å²) in [6.45, 7) is 6.84. The van der Waals surface area contributed by atoms with Gasteiger partial charge in [0.05, 0.1) is 12.3 Å². The molecule has 3 N–H and O–H groups in total. The molecule has 1 unspecified atom stereocenters. The minimum absolute atomic E-state index is 0.231. The van der Waals surface area contributed by atoms with Crippen molar-refractivity contribution in [2.75, 3.05) is 17.7 Å². The summed E-state index contributed by atoms with van der Waals surface area (Å²) in [6, 6.07) is 14.4. The Morgan fingerprint density at radius 1 is 1.20 bits per heavy atom. The third kappa shape index (κ3) is 3.23. The van der Waals surface area contributed by atoms with Gasteiger partial charge in [-0.05, 0) is 44.0 Å². The average Bonchev–Trinajstić information content (AvgIpc) is 2.43. The topological polar surface area (TPSA) is 47.3 Å². The molecule has 0 fully saturated rings. The van der Waals surface area contributed by atoms with Gasteiger partial charge in [-0.25, -0.2) is 0 Å². The predicted molar refractivity (Wildman–Crippen MR) is 85.2 cm³/mol. The number of benzene rings is 2. The molecule has 0 saturated carbocycles. The Labute approximate surface area is 120 Å². The van der Waals surface area contributed by atoms with E-state index in [9.17, 15) is 0 Å². The Kier molecular flexibility index (Phi) is 4.51. The second kappa shape index (κ2) is 6.33. The molecule has 0 aliphatic rings. The van der Waals surface area contributed by atoms with Crippen LogP contribution in [0.15, 0.2) is 42.5 Å². The maximum absolute atomic E-state index is 5.89. The Morgan fingerprint density at radius 2 is 1.95 bits per heavy atom. The van der Waals surface area contributed by atoms with Crippen LogP contribution in [-0.2, 0) is 0 Å². The Bertz CT molecular complexity index is 581. The first kappa shape index (κ1) is 14.3. The number of hydrogen-bond acceptors (Lipinski definition) is 3. The number of rotatable bonds is 5. The largest absolute Gasteiger partial charge is 0.492 e. The summed E-state index contributed by atoms with van der Waals surface area (Å²) in [7, 11) is 0. The molecule has 0 radical (unpaired) electrons.